The Kier molecular flexibility index (Phi) is 6.30. The van der Waals surface area contributed by atoms with Crippen molar-refractivity contribution in [3.8, 4) is 6.07 Å². The molecule has 2 aromatic rings. The summed E-state index contributed by atoms with van der Waals surface area (Å²) >= 11 is 0. The van der Waals surface area contributed by atoms with Crippen molar-refractivity contribution in [3.63, 3.8) is 0 Å². The number of nitrogens with zero attached hydrogens (tertiary/aromatic N) is 3. The van der Waals surface area contributed by atoms with Gasteiger partial charge in [-0.05, 0) is 56.9 Å². The highest BCUT2D eigenvalue weighted by atomic mass is 32.2. The maximum Gasteiger partial charge on any atom is 0.272 e. The van der Waals surface area contributed by atoms with E-state index in [2.05, 4.69) is 9.71 Å². The Morgan fingerprint density at radius 1 is 1.24 bits per heavy atom. The molecule has 0 saturated carbocycles. The number of nitrogens with one attached hydrogen (secondary N) is 1. The zero-order chi connectivity index (χ0) is 21.0. The van der Waals surface area contributed by atoms with Gasteiger partial charge in [0.1, 0.15) is 11.8 Å². The summed E-state index contributed by atoms with van der Waals surface area (Å²) in [7, 11) is -3.58. The molecule has 152 valence electrons. The Bertz CT molecular complexity index is 1040. The molecule has 0 aliphatic carbocycles. The van der Waals surface area contributed by atoms with E-state index in [1.165, 1.54) is 0 Å². The molecule has 1 aromatic heterocycles. The summed E-state index contributed by atoms with van der Waals surface area (Å²) in [6.07, 6.45) is 1.65. The normalized spacial score (nSPS) is 17.0. The van der Waals surface area contributed by atoms with Crippen LogP contribution in [-0.4, -0.2) is 43.8 Å². The smallest absolute Gasteiger partial charge is 0.272 e. The van der Waals surface area contributed by atoms with Crippen molar-refractivity contribution in [3.05, 3.63) is 58.9 Å². The Balaban J connectivity index is 1.63. The van der Waals surface area contributed by atoms with E-state index in [1.807, 2.05) is 13.0 Å². The predicted octanol–water partition coefficient (Wildman–Crippen LogP) is 2.40. The summed E-state index contributed by atoms with van der Waals surface area (Å²) in [6, 6.07) is 11.9. The highest BCUT2D eigenvalue weighted by Crippen LogP contribution is 2.19. The van der Waals surface area contributed by atoms with Gasteiger partial charge in [0.25, 0.3) is 5.91 Å². The van der Waals surface area contributed by atoms with E-state index in [0.29, 0.717) is 30.0 Å². The van der Waals surface area contributed by atoms with E-state index in [9.17, 15) is 13.2 Å². The van der Waals surface area contributed by atoms with Gasteiger partial charge in [0.2, 0.25) is 10.0 Å². The van der Waals surface area contributed by atoms with Crippen LogP contribution in [0.3, 0.4) is 0 Å². The zero-order valence-electron chi connectivity index (χ0n) is 16.6. The van der Waals surface area contributed by atoms with Crippen LogP contribution < -0.4 is 4.72 Å². The lowest BCUT2D eigenvalue weighted by Gasteiger charge is -2.32. The van der Waals surface area contributed by atoms with Gasteiger partial charge in [0.05, 0.1) is 16.2 Å². The van der Waals surface area contributed by atoms with Crippen LogP contribution in [0, 0.1) is 31.1 Å². The second-order valence-corrected chi connectivity index (χ2v) is 9.13. The molecule has 1 aliphatic rings. The Labute approximate surface area is 171 Å². The molecule has 0 spiro atoms. The van der Waals surface area contributed by atoms with Gasteiger partial charge in [-0.1, -0.05) is 17.7 Å². The SMILES string of the molecule is Cc1ccc(S(=O)(=O)NCC2CCCN(C(=O)c3ccc(C#N)c(C)n3)C2)cc1. The van der Waals surface area contributed by atoms with Gasteiger partial charge >= 0.3 is 0 Å². The third-order valence-corrected chi connectivity index (χ3v) is 6.56. The minimum Gasteiger partial charge on any atom is -0.337 e. The molecule has 3 rings (SSSR count). The van der Waals surface area contributed by atoms with Crippen molar-refractivity contribution in [2.24, 2.45) is 5.92 Å². The second-order valence-electron chi connectivity index (χ2n) is 7.37. The van der Waals surface area contributed by atoms with Crippen molar-refractivity contribution >= 4 is 15.9 Å². The van der Waals surface area contributed by atoms with Crippen molar-refractivity contribution < 1.29 is 13.2 Å². The number of hydrogen-bond acceptors (Lipinski definition) is 5. The number of piperidine rings is 1. The molecule has 1 fully saturated rings. The predicted molar refractivity (Wildman–Crippen MR) is 109 cm³/mol. The maximum absolute atomic E-state index is 12.8. The number of carbonyl (C=O) groups excluding carboxylic acids is 1. The van der Waals surface area contributed by atoms with Crippen LogP contribution >= 0.6 is 0 Å². The average molecular weight is 413 g/mol. The summed E-state index contributed by atoms with van der Waals surface area (Å²) in [5.74, 6) is -0.156. The van der Waals surface area contributed by atoms with Crippen LogP contribution in [0.5, 0.6) is 0 Å². The molecule has 29 heavy (non-hydrogen) atoms. The molecule has 1 N–H and O–H groups in total. The molecule has 1 amide bonds. The van der Waals surface area contributed by atoms with Gasteiger partial charge < -0.3 is 4.90 Å². The summed E-state index contributed by atoms with van der Waals surface area (Å²) in [6.45, 7) is 4.96. The summed E-state index contributed by atoms with van der Waals surface area (Å²) in [5.41, 5.74) is 2.28. The molecule has 1 aliphatic heterocycles. The highest BCUT2D eigenvalue weighted by Gasteiger charge is 2.26. The molecule has 7 nitrogen and oxygen atoms in total. The molecular weight excluding hydrogens is 388 g/mol. The van der Waals surface area contributed by atoms with Crippen LogP contribution in [0.4, 0.5) is 0 Å². The van der Waals surface area contributed by atoms with Crippen molar-refractivity contribution in [1.29, 1.82) is 5.26 Å². The zero-order valence-corrected chi connectivity index (χ0v) is 17.4. The second kappa shape index (κ2) is 8.72. The standard InChI is InChI=1S/C21H24N4O3S/c1-15-5-8-19(9-6-15)29(27,28)23-13-17-4-3-11-25(14-17)21(26)20-10-7-18(12-22)16(2)24-20/h5-10,17,23H,3-4,11,13-14H2,1-2H3. The fourth-order valence-corrected chi connectivity index (χ4v) is 4.52. The fourth-order valence-electron chi connectivity index (χ4n) is 3.40. The molecule has 1 aromatic carbocycles. The summed E-state index contributed by atoms with van der Waals surface area (Å²) < 4.78 is 27.7. The van der Waals surface area contributed by atoms with Gasteiger partial charge in [-0.15, -0.1) is 0 Å². The average Bonchev–Trinajstić information content (AvgIpc) is 2.72. The van der Waals surface area contributed by atoms with Crippen molar-refractivity contribution in [2.45, 2.75) is 31.6 Å². The number of nitriles is 1. The fraction of sp³-hybridized carbons (Fsp3) is 0.381. The van der Waals surface area contributed by atoms with Gasteiger partial charge in [0.15, 0.2) is 0 Å². The van der Waals surface area contributed by atoms with Gasteiger partial charge in [-0.2, -0.15) is 5.26 Å². The van der Waals surface area contributed by atoms with Crippen molar-refractivity contribution in [1.82, 2.24) is 14.6 Å². The number of amides is 1. The monoisotopic (exact) mass is 412 g/mol. The molecule has 2 heterocycles. The topological polar surface area (TPSA) is 103 Å². The molecule has 1 saturated heterocycles. The number of pyridine rings is 1. The number of hydrogen-bond donors (Lipinski definition) is 1. The van der Waals surface area contributed by atoms with Crippen LogP contribution in [0.15, 0.2) is 41.3 Å². The first-order chi connectivity index (χ1) is 13.8. The first kappa shape index (κ1) is 21.0. The quantitative estimate of drug-likeness (QED) is 0.812. The lowest BCUT2D eigenvalue weighted by atomic mass is 9.98. The third kappa shape index (κ3) is 5.00. The Morgan fingerprint density at radius 2 is 1.97 bits per heavy atom. The van der Waals surface area contributed by atoms with E-state index in [-0.39, 0.29) is 23.3 Å². The van der Waals surface area contributed by atoms with Crippen LogP contribution in [0.25, 0.3) is 0 Å². The van der Waals surface area contributed by atoms with E-state index >= 15 is 0 Å². The largest absolute Gasteiger partial charge is 0.337 e. The minimum atomic E-state index is -3.58. The van der Waals surface area contributed by atoms with E-state index < -0.39 is 10.0 Å². The Hall–Kier alpha value is -2.76. The molecule has 0 radical (unpaired) electrons. The van der Waals surface area contributed by atoms with Crippen LogP contribution in [-0.2, 0) is 10.0 Å². The van der Waals surface area contributed by atoms with Crippen LogP contribution in [0.1, 0.15) is 40.2 Å². The van der Waals surface area contributed by atoms with Gasteiger partial charge in [-0.3, -0.25) is 4.79 Å². The number of carbonyl (C=O) groups is 1. The number of benzene rings is 1. The van der Waals surface area contributed by atoms with E-state index in [4.69, 9.17) is 5.26 Å². The number of aromatic nitrogens is 1. The van der Waals surface area contributed by atoms with Crippen molar-refractivity contribution in [2.75, 3.05) is 19.6 Å². The summed E-state index contributed by atoms with van der Waals surface area (Å²) in [4.78, 5) is 19.0. The first-order valence-electron chi connectivity index (χ1n) is 9.53. The number of rotatable bonds is 5. The van der Waals surface area contributed by atoms with Gasteiger partial charge in [-0.25, -0.2) is 18.1 Å². The summed E-state index contributed by atoms with van der Waals surface area (Å²) in [5, 5.41) is 9.01. The maximum atomic E-state index is 12.8. The Morgan fingerprint density at radius 3 is 2.62 bits per heavy atom. The first-order valence-corrected chi connectivity index (χ1v) is 11.0. The van der Waals surface area contributed by atoms with E-state index in [1.54, 1.807) is 48.2 Å². The third-order valence-electron chi connectivity index (χ3n) is 5.12. The van der Waals surface area contributed by atoms with Gasteiger partial charge in [0, 0.05) is 19.6 Å². The number of aryl methyl sites for hydroxylation is 2. The minimum absolute atomic E-state index is 0.0346. The molecule has 1 atom stereocenters. The molecule has 0 bridgehead atoms. The number of sulfonamides is 1. The lowest BCUT2D eigenvalue weighted by molar-refractivity contribution is 0.0670. The van der Waals surface area contributed by atoms with E-state index in [0.717, 1.165) is 18.4 Å². The molecule has 1 unspecified atom stereocenters. The lowest BCUT2D eigenvalue weighted by Crippen LogP contribution is -2.44. The molecule has 8 heteroatoms. The highest BCUT2D eigenvalue weighted by molar-refractivity contribution is 7.89. The number of likely N-dealkylation sites (tertiary alicyclic amines) is 1. The molecular formula is C21H24N4O3S. The van der Waals surface area contributed by atoms with Crippen LogP contribution in [0.2, 0.25) is 0 Å².